The Bertz CT molecular complexity index is 591. The molecule has 6 heteroatoms. The summed E-state index contributed by atoms with van der Waals surface area (Å²) in [7, 11) is 0. The fraction of sp³-hybridized carbons (Fsp3) is 0.556. The predicted octanol–water partition coefficient (Wildman–Crippen LogP) is 1.88. The summed E-state index contributed by atoms with van der Waals surface area (Å²) in [5.41, 5.74) is 0.714. The van der Waals surface area contributed by atoms with E-state index in [0.29, 0.717) is 18.3 Å². The van der Waals surface area contributed by atoms with Gasteiger partial charge in [0.15, 0.2) is 0 Å². The Hall–Kier alpha value is -1.92. The van der Waals surface area contributed by atoms with Gasteiger partial charge in [-0.15, -0.1) is 0 Å². The SMILES string of the molecule is O=C(CN1CCC(N2CCCC2)CC1)Nc1cccc(C(=O)O)c1. The molecule has 1 amide bonds. The lowest BCUT2D eigenvalue weighted by Gasteiger charge is -2.36. The average Bonchev–Trinajstić information content (AvgIpc) is 3.10. The highest BCUT2D eigenvalue weighted by Crippen LogP contribution is 2.21. The van der Waals surface area contributed by atoms with Gasteiger partial charge in [-0.3, -0.25) is 9.69 Å². The molecule has 6 nitrogen and oxygen atoms in total. The summed E-state index contributed by atoms with van der Waals surface area (Å²) in [5, 5.41) is 11.8. The van der Waals surface area contributed by atoms with Crippen LogP contribution in [0.25, 0.3) is 0 Å². The largest absolute Gasteiger partial charge is 0.478 e. The average molecular weight is 331 g/mol. The third-order valence-corrected chi connectivity index (χ3v) is 4.97. The van der Waals surface area contributed by atoms with Gasteiger partial charge >= 0.3 is 5.97 Å². The molecule has 0 saturated carbocycles. The van der Waals surface area contributed by atoms with E-state index in [1.54, 1.807) is 12.1 Å². The van der Waals surface area contributed by atoms with Gasteiger partial charge in [0, 0.05) is 24.8 Å². The third-order valence-electron chi connectivity index (χ3n) is 4.97. The Morgan fingerprint density at radius 1 is 1.12 bits per heavy atom. The number of amides is 1. The summed E-state index contributed by atoms with van der Waals surface area (Å²) in [4.78, 5) is 27.9. The van der Waals surface area contributed by atoms with Gasteiger partial charge in [0.2, 0.25) is 5.91 Å². The van der Waals surface area contributed by atoms with E-state index in [9.17, 15) is 9.59 Å². The highest BCUT2D eigenvalue weighted by atomic mass is 16.4. The molecule has 130 valence electrons. The summed E-state index contributed by atoms with van der Waals surface area (Å²) in [6.07, 6.45) is 4.89. The predicted molar refractivity (Wildman–Crippen MR) is 92.3 cm³/mol. The Morgan fingerprint density at radius 3 is 2.50 bits per heavy atom. The molecule has 3 rings (SSSR count). The highest BCUT2D eigenvalue weighted by Gasteiger charge is 2.26. The van der Waals surface area contributed by atoms with Crippen LogP contribution in [-0.2, 0) is 4.79 Å². The topological polar surface area (TPSA) is 72.9 Å². The number of likely N-dealkylation sites (tertiary alicyclic amines) is 2. The zero-order chi connectivity index (χ0) is 16.9. The second kappa shape index (κ2) is 7.77. The first-order chi connectivity index (χ1) is 11.6. The van der Waals surface area contributed by atoms with Crippen LogP contribution < -0.4 is 5.32 Å². The van der Waals surface area contributed by atoms with Crippen LogP contribution in [0.15, 0.2) is 24.3 Å². The molecular weight excluding hydrogens is 306 g/mol. The molecule has 2 aliphatic heterocycles. The Balaban J connectivity index is 1.45. The molecule has 1 aromatic rings. The minimum atomic E-state index is -0.991. The van der Waals surface area contributed by atoms with E-state index in [1.165, 1.54) is 38.1 Å². The van der Waals surface area contributed by atoms with Crippen molar-refractivity contribution in [1.82, 2.24) is 9.80 Å². The van der Waals surface area contributed by atoms with Crippen molar-refractivity contribution in [2.45, 2.75) is 31.7 Å². The number of carboxylic acid groups (broad SMARTS) is 1. The second-order valence-corrected chi connectivity index (χ2v) is 6.68. The quantitative estimate of drug-likeness (QED) is 0.862. The van der Waals surface area contributed by atoms with Crippen molar-refractivity contribution in [3.63, 3.8) is 0 Å². The van der Waals surface area contributed by atoms with Gasteiger partial charge in [-0.1, -0.05) is 6.07 Å². The maximum Gasteiger partial charge on any atom is 0.335 e. The number of anilines is 1. The molecule has 0 radical (unpaired) electrons. The second-order valence-electron chi connectivity index (χ2n) is 6.68. The van der Waals surface area contributed by atoms with Crippen molar-refractivity contribution < 1.29 is 14.7 Å². The Labute approximate surface area is 142 Å². The first-order valence-electron chi connectivity index (χ1n) is 8.71. The summed E-state index contributed by atoms with van der Waals surface area (Å²) < 4.78 is 0. The lowest BCUT2D eigenvalue weighted by atomic mass is 10.0. The highest BCUT2D eigenvalue weighted by molar-refractivity contribution is 5.94. The molecule has 1 aromatic carbocycles. The molecule has 2 saturated heterocycles. The molecular formula is C18H25N3O3. The summed E-state index contributed by atoms with van der Waals surface area (Å²) in [6, 6.07) is 7.03. The first-order valence-corrected chi connectivity index (χ1v) is 8.71. The zero-order valence-corrected chi connectivity index (χ0v) is 13.9. The van der Waals surface area contributed by atoms with Crippen molar-refractivity contribution >= 4 is 17.6 Å². The van der Waals surface area contributed by atoms with E-state index in [1.807, 2.05) is 0 Å². The lowest BCUT2D eigenvalue weighted by molar-refractivity contribution is -0.117. The third kappa shape index (κ3) is 4.33. The summed E-state index contributed by atoms with van der Waals surface area (Å²) in [5.74, 6) is -1.08. The number of piperidine rings is 1. The van der Waals surface area contributed by atoms with Crippen molar-refractivity contribution in [2.75, 3.05) is 38.0 Å². The van der Waals surface area contributed by atoms with E-state index in [0.717, 1.165) is 25.9 Å². The van der Waals surface area contributed by atoms with Crippen molar-refractivity contribution in [3.05, 3.63) is 29.8 Å². The number of carbonyl (C=O) groups is 2. The molecule has 0 atom stereocenters. The molecule has 0 aliphatic carbocycles. The number of rotatable bonds is 5. The van der Waals surface area contributed by atoms with Crippen LogP contribution in [0.3, 0.4) is 0 Å². The van der Waals surface area contributed by atoms with Gasteiger partial charge in [-0.2, -0.15) is 0 Å². The molecule has 2 heterocycles. The number of nitrogens with one attached hydrogen (secondary N) is 1. The number of aromatic carboxylic acids is 1. The Morgan fingerprint density at radius 2 is 1.83 bits per heavy atom. The number of benzene rings is 1. The summed E-state index contributed by atoms with van der Waals surface area (Å²) >= 11 is 0. The molecule has 2 fully saturated rings. The van der Waals surface area contributed by atoms with Crippen molar-refractivity contribution in [2.24, 2.45) is 0 Å². The summed E-state index contributed by atoms with van der Waals surface area (Å²) in [6.45, 7) is 4.72. The van der Waals surface area contributed by atoms with Gasteiger partial charge in [0.1, 0.15) is 0 Å². The first kappa shape index (κ1) is 16.9. The van der Waals surface area contributed by atoms with Gasteiger partial charge in [0.25, 0.3) is 0 Å². The van der Waals surface area contributed by atoms with Crippen LogP contribution in [0.4, 0.5) is 5.69 Å². The number of nitrogens with zero attached hydrogens (tertiary/aromatic N) is 2. The minimum Gasteiger partial charge on any atom is -0.478 e. The number of carboxylic acids is 1. The molecule has 0 bridgehead atoms. The van der Waals surface area contributed by atoms with E-state index in [2.05, 4.69) is 15.1 Å². The van der Waals surface area contributed by atoms with Crippen LogP contribution in [0.1, 0.15) is 36.0 Å². The molecule has 0 aromatic heterocycles. The molecule has 2 aliphatic rings. The molecule has 2 N–H and O–H groups in total. The van der Waals surface area contributed by atoms with Crippen LogP contribution in [0.2, 0.25) is 0 Å². The van der Waals surface area contributed by atoms with Crippen LogP contribution in [-0.4, -0.2) is 65.5 Å². The van der Waals surface area contributed by atoms with E-state index in [-0.39, 0.29) is 11.5 Å². The van der Waals surface area contributed by atoms with Crippen molar-refractivity contribution in [3.8, 4) is 0 Å². The number of carbonyl (C=O) groups excluding carboxylic acids is 1. The van der Waals surface area contributed by atoms with Gasteiger partial charge in [-0.05, 0) is 57.0 Å². The maximum atomic E-state index is 12.2. The van der Waals surface area contributed by atoms with Crippen molar-refractivity contribution in [1.29, 1.82) is 0 Å². The molecule has 24 heavy (non-hydrogen) atoms. The monoisotopic (exact) mass is 331 g/mol. The zero-order valence-electron chi connectivity index (χ0n) is 13.9. The smallest absolute Gasteiger partial charge is 0.335 e. The number of hydrogen-bond acceptors (Lipinski definition) is 4. The normalized spacial score (nSPS) is 20.2. The van der Waals surface area contributed by atoms with Gasteiger partial charge < -0.3 is 15.3 Å². The minimum absolute atomic E-state index is 0.0860. The maximum absolute atomic E-state index is 12.2. The van der Waals surface area contributed by atoms with E-state index < -0.39 is 5.97 Å². The van der Waals surface area contributed by atoms with Crippen LogP contribution in [0.5, 0.6) is 0 Å². The van der Waals surface area contributed by atoms with Crippen LogP contribution >= 0.6 is 0 Å². The fourth-order valence-corrected chi connectivity index (χ4v) is 3.68. The molecule has 0 unspecified atom stereocenters. The number of hydrogen-bond donors (Lipinski definition) is 2. The van der Waals surface area contributed by atoms with Crippen LogP contribution in [0, 0.1) is 0 Å². The van der Waals surface area contributed by atoms with E-state index in [4.69, 9.17) is 5.11 Å². The standard InChI is InChI=1S/C18H25N3O3/c22-17(19-15-5-3-4-14(12-15)18(23)24)13-20-10-6-16(7-11-20)21-8-1-2-9-21/h3-5,12,16H,1-2,6-11,13H2,(H,19,22)(H,23,24). The Kier molecular flexibility index (Phi) is 5.48. The van der Waals surface area contributed by atoms with Gasteiger partial charge in [-0.25, -0.2) is 4.79 Å². The lowest BCUT2D eigenvalue weighted by Crippen LogP contribution is -2.45. The van der Waals surface area contributed by atoms with E-state index >= 15 is 0 Å². The molecule has 0 spiro atoms. The fourth-order valence-electron chi connectivity index (χ4n) is 3.68. The van der Waals surface area contributed by atoms with Gasteiger partial charge in [0.05, 0.1) is 12.1 Å².